The molecule has 0 heterocycles. The summed E-state index contributed by atoms with van der Waals surface area (Å²) in [5.74, 6) is 0. The lowest BCUT2D eigenvalue weighted by Gasteiger charge is -2.40. The van der Waals surface area contributed by atoms with E-state index in [4.69, 9.17) is 0 Å². The molecule has 0 saturated carbocycles. The predicted molar refractivity (Wildman–Crippen MR) is 97.3 cm³/mol. The Bertz CT molecular complexity index is 508. The van der Waals surface area contributed by atoms with Gasteiger partial charge >= 0.3 is 0 Å². The van der Waals surface area contributed by atoms with Crippen molar-refractivity contribution in [2.24, 2.45) is 0 Å². The monoisotopic (exact) mass is 315 g/mol. The molecule has 0 N–H and O–H groups in total. The van der Waals surface area contributed by atoms with Gasteiger partial charge < -0.3 is 0 Å². The highest BCUT2D eigenvalue weighted by Gasteiger charge is 2.41. The fourth-order valence-corrected chi connectivity index (χ4v) is 3.37. The van der Waals surface area contributed by atoms with Crippen LogP contribution < -0.4 is 0 Å². The van der Waals surface area contributed by atoms with E-state index < -0.39 is 5.67 Å². The van der Waals surface area contributed by atoms with Crippen LogP contribution in [0.25, 0.3) is 0 Å². The van der Waals surface area contributed by atoms with Crippen LogP contribution in [0.4, 0.5) is 4.39 Å². The molecule has 1 aliphatic carbocycles. The van der Waals surface area contributed by atoms with E-state index in [1.165, 1.54) is 19.3 Å². The van der Waals surface area contributed by atoms with Crippen molar-refractivity contribution in [1.82, 2.24) is 4.90 Å². The predicted octanol–water partition coefficient (Wildman–Crippen LogP) is 5.64. The Morgan fingerprint density at radius 3 is 2.43 bits per heavy atom. The van der Waals surface area contributed by atoms with E-state index in [-0.39, 0.29) is 6.04 Å². The van der Waals surface area contributed by atoms with Crippen LogP contribution in [0.15, 0.2) is 54.6 Å². The Hall–Kier alpha value is -1.41. The molecule has 0 aromatic heterocycles. The zero-order valence-corrected chi connectivity index (χ0v) is 14.5. The standard InChI is InChI=1S/C21H30FN/c1-3-5-6-12-18-23(17-4-2)20-15-10-11-16-21(20,22)19-13-8-7-9-14-19/h7-11,13-16,20H,3-6,12,17-18H2,1-2H3. The maximum atomic E-state index is 15.9. The summed E-state index contributed by atoms with van der Waals surface area (Å²) in [5.41, 5.74) is -0.684. The van der Waals surface area contributed by atoms with Crippen molar-refractivity contribution in [3.8, 4) is 0 Å². The third-order valence-electron chi connectivity index (χ3n) is 4.59. The summed E-state index contributed by atoms with van der Waals surface area (Å²) in [7, 11) is 0. The first-order valence-electron chi connectivity index (χ1n) is 9.07. The van der Waals surface area contributed by atoms with E-state index in [9.17, 15) is 0 Å². The smallest absolute Gasteiger partial charge is 0.173 e. The maximum absolute atomic E-state index is 15.9. The van der Waals surface area contributed by atoms with Crippen LogP contribution in [-0.2, 0) is 5.67 Å². The van der Waals surface area contributed by atoms with Crippen LogP contribution in [0.1, 0.15) is 51.5 Å². The van der Waals surface area contributed by atoms with Gasteiger partial charge in [-0.2, -0.15) is 0 Å². The lowest BCUT2D eigenvalue weighted by Crippen LogP contribution is -2.48. The molecule has 1 aromatic carbocycles. The molecule has 2 heteroatoms. The number of halogens is 1. The van der Waals surface area contributed by atoms with Gasteiger partial charge in [-0.1, -0.05) is 81.7 Å². The van der Waals surface area contributed by atoms with Gasteiger partial charge in [0.2, 0.25) is 0 Å². The third-order valence-corrected chi connectivity index (χ3v) is 4.59. The summed E-state index contributed by atoms with van der Waals surface area (Å²) in [6.45, 7) is 6.30. The number of nitrogens with zero attached hydrogens (tertiary/aromatic N) is 1. The normalized spacial score (nSPS) is 23.6. The molecule has 1 nitrogen and oxygen atoms in total. The molecule has 0 saturated heterocycles. The van der Waals surface area contributed by atoms with Crippen molar-refractivity contribution in [2.45, 2.75) is 57.7 Å². The molecule has 2 unspecified atom stereocenters. The molecule has 0 bridgehead atoms. The van der Waals surface area contributed by atoms with Crippen molar-refractivity contribution in [1.29, 1.82) is 0 Å². The van der Waals surface area contributed by atoms with E-state index in [1.807, 2.05) is 48.6 Å². The molecule has 1 aliphatic rings. The summed E-state index contributed by atoms with van der Waals surface area (Å²) in [6, 6.07) is 9.38. The molecular formula is C21H30FN. The Morgan fingerprint density at radius 2 is 1.74 bits per heavy atom. The molecule has 0 aliphatic heterocycles. The van der Waals surface area contributed by atoms with Crippen LogP contribution in [0, 0.1) is 0 Å². The van der Waals surface area contributed by atoms with E-state index in [0.29, 0.717) is 0 Å². The van der Waals surface area contributed by atoms with Crippen LogP contribution in [0.3, 0.4) is 0 Å². The fourth-order valence-electron chi connectivity index (χ4n) is 3.37. The van der Waals surface area contributed by atoms with E-state index in [1.54, 1.807) is 6.08 Å². The third kappa shape index (κ3) is 4.54. The number of rotatable bonds is 9. The highest BCUT2D eigenvalue weighted by molar-refractivity contribution is 5.36. The molecule has 2 atom stereocenters. The summed E-state index contributed by atoms with van der Waals surface area (Å²) >= 11 is 0. The number of allylic oxidation sites excluding steroid dienone is 2. The van der Waals surface area contributed by atoms with Gasteiger partial charge in [0.05, 0.1) is 6.04 Å². The second kappa shape index (κ2) is 9.02. The van der Waals surface area contributed by atoms with Crippen molar-refractivity contribution < 1.29 is 4.39 Å². The lowest BCUT2D eigenvalue weighted by molar-refractivity contribution is 0.0818. The van der Waals surface area contributed by atoms with Gasteiger partial charge in [0, 0.05) is 0 Å². The SMILES string of the molecule is CCCCCCN(CCC)C1C=CC=CC1(F)c1ccccc1. The van der Waals surface area contributed by atoms with Gasteiger partial charge in [0.15, 0.2) is 5.67 Å². The number of benzene rings is 1. The molecule has 2 rings (SSSR count). The van der Waals surface area contributed by atoms with Gasteiger partial charge in [-0.3, -0.25) is 4.90 Å². The fraction of sp³-hybridized carbons (Fsp3) is 0.524. The molecule has 0 fully saturated rings. The Balaban J connectivity index is 2.17. The molecular weight excluding hydrogens is 285 g/mol. The Labute approximate surface area is 140 Å². The van der Waals surface area contributed by atoms with Crippen molar-refractivity contribution >= 4 is 0 Å². The van der Waals surface area contributed by atoms with Crippen LogP contribution in [-0.4, -0.2) is 24.0 Å². The van der Waals surface area contributed by atoms with Crippen LogP contribution in [0.2, 0.25) is 0 Å². The van der Waals surface area contributed by atoms with Gasteiger partial charge in [-0.05, 0) is 37.6 Å². The first-order valence-corrected chi connectivity index (χ1v) is 9.07. The first kappa shape index (κ1) is 17.9. The quantitative estimate of drug-likeness (QED) is 0.533. The second-order valence-corrected chi connectivity index (χ2v) is 6.42. The zero-order chi connectivity index (χ0) is 16.5. The second-order valence-electron chi connectivity index (χ2n) is 6.42. The van der Waals surface area contributed by atoms with Gasteiger partial charge in [-0.25, -0.2) is 4.39 Å². The lowest BCUT2D eigenvalue weighted by atomic mass is 9.84. The minimum Gasteiger partial charge on any atom is -0.293 e. The molecule has 0 amide bonds. The topological polar surface area (TPSA) is 3.24 Å². The minimum atomic E-state index is -1.43. The average Bonchev–Trinajstić information content (AvgIpc) is 2.59. The summed E-state index contributed by atoms with van der Waals surface area (Å²) in [5, 5.41) is 0. The summed E-state index contributed by atoms with van der Waals surface area (Å²) in [6.07, 6.45) is 13.5. The number of alkyl halides is 1. The summed E-state index contributed by atoms with van der Waals surface area (Å²) in [4.78, 5) is 2.32. The van der Waals surface area contributed by atoms with Gasteiger partial charge in [-0.15, -0.1) is 0 Å². The van der Waals surface area contributed by atoms with E-state index in [0.717, 1.165) is 31.5 Å². The highest BCUT2D eigenvalue weighted by atomic mass is 19.1. The van der Waals surface area contributed by atoms with E-state index in [2.05, 4.69) is 18.7 Å². The van der Waals surface area contributed by atoms with Crippen LogP contribution in [0.5, 0.6) is 0 Å². The maximum Gasteiger partial charge on any atom is 0.173 e. The number of hydrogen-bond acceptors (Lipinski definition) is 1. The first-order chi connectivity index (χ1) is 11.2. The van der Waals surface area contributed by atoms with Gasteiger partial charge in [0.25, 0.3) is 0 Å². The Morgan fingerprint density at radius 1 is 0.957 bits per heavy atom. The summed E-state index contributed by atoms with van der Waals surface area (Å²) < 4.78 is 15.9. The molecule has 23 heavy (non-hydrogen) atoms. The molecule has 126 valence electrons. The molecule has 1 aromatic rings. The van der Waals surface area contributed by atoms with Crippen LogP contribution >= 0.6 is 0 Å². The van der Waals surface area contributed by atoms with Crippen molar-refractivity contribution in [3.63, 3.8) is 0 Å². The Kier molecular flexibility index (Phi) is 7.04. The zero-order valence-electron chi connectivity index (χ0n) is 14.5. The number of unbranched alkanes of at least 4 members (excludes halogenated alkanes) is 3. The van der Waals surface area contributed by atoms with Gasteiger partial charge in [0.1, 0.15) is 0 Å². The van der Waals surface area contributed by atoms with Crippen molar-refractivity contribution in [3.05, 3.63) is 60.2 Å². The van der Waals surface area contributed by atoms with Crippen molar-refractivity contribution in [2.75, 3.05) is 13.1 Å². The highest BCUT2D eigenvalue weighted by Crippen LogP contribution is 2.37. The van der Waals surface area contributed by atoms with E-state index >= 15 is 4.39 Å². The molecule has 0 radical (unpaired) electrons. The molecule has 0 spiro atoms. The average molecular weight is 315 g/mol. The largest absolute Gasteiger partial charge is 0.293 e. The minimum absolute atomic E-state index is 0.212. The number of hydrogen-bond donors (Lipinski definition) is 0.